The van der Waals surface area contributed by atoms with Crippen molar-refractivity contribution in [1.82, 2.24) is 4.90 Å². The largest absolute Gasteiger partial charge is 0.460 e. The van der Waals surface area contributed by atoms with Gasteiger partial charge in [-0.15, -0.1) is 0 Å². The van der Waals surface area contributed by atoms with Gasteiger partial charge in [0.2, 0.25) is 0 Å². The minimum absolute atomic E-state index is 0.0186. The van der Waals surface area contributed by atoms with Crippen molar-refractivity contribution in [3.05, 3.63) is 83.0 Å². The van der Waals surface area contributed by atoms with E-state index in [2.05, 4.69) is 18.4 Å². The number of hydrogen-bond donors (Lipinski definition) is 0. The van der Waals surface area contributed by atoms with Crippen LogP contribution in [-0.2, 0) is 9.53 Å². The van der Waals surface area contributed by atoms with Crippen LogP contribution in [0.4, 0.5) is 0 Å². The lowest BCUT2D eigenvalue weighted by Crippen LogP contribution is -2.42. The zero-order valence-electron chi connectivity index (χ0n) is 16.5. The molecule has 2 aliphatic rings. The molecule has 0 aromatic heterocycles. The number of benzene rings is 2. The fourth-order valence-corrected chi connectivity index (χ4v) is 3.50. The van der Waals surface area contributed by atoms with Crippen LogP contribution in [-0.4, -0.2) is 35.8 Å². The number of esters is 1. The molecule has 5 heteroatoms. The molecule has 0 saturated carbocycles. The highest BCUT2D eigenvalue weighted by Gasteiger charge is 2.33. The smallest absolute Gasteiger partial charge is 0.333 e. The topological polar surface area (TPSA) is 63.7 Å². The summed E-state index contributed by atoms with van der Waals surface area (Å²) in [5.41, 5.74) is 2.95. The fraction of sp³-hybridized carbons (Fsp3) is 0.160. The highest BCUT2D eigenvalue weighted by molar-refractivity contribution is 6.26. The van der Waals surface area contributed by atoms with E-state index in [0.717, 1.165) is 27.8 Å². The standard InChI is InChI=1S/C25H19NO4/c1-16(2)25(29)30-15-14-26-23(27)20-9-5-8-19-18(11-10-17-6-3-4-7-17)12-13-21(22(19)20)24(26)28/h3-6,8-9,12-13H,1,7,14-15H2,2H3. The van der Waals surface area contributed by atoms with Gasteiger partial charge in [-0.2, -0.15) is 0 Å². The van der Waals surface area contributed by atoms with Crippen molar-refractivity contribution in [1.29, 1.82) is 0 Å². The van der Waals surface area contributed by atoms with E-state index in [0.29, 0.717) is 16.5 Å². The lowest BCUT2D eigenvalue weighted by atomic mass is 9.91. The average molecular weight is 397 g/mol. The van der Waals surface area contributed by atoms with Gasteiger partial charge in [0.25, 0.3) is 11.8 Å². The van der Waals surface area contributed by atoms with Crippen molar-refractivity contribution in [3.63, 3.8) is 0 Å². The van der Waals surface area contributed by atoms with Gasteiger partial charge in [0.05, 0.1) is 6.54 Å². The number of imide groups is 1. The molecule has 0 saturated heterocycles. The predicted molar refractivity (Wildman–Crippen MR) is 114 cm³/mol. The Hall–Kier alpha value is -3.91. The van der Waals surface area contributed by atoms with Gasteiger partial charge >= 0.3 is 5.97 Å². The van der Waals surface area contributed by atoms with Gasteiger partial charge in [-0.1, -0.05) is 48.8 Å². The molecule has 148 valence electrons. The Bertz CT molecular complexity index is 1210. The zero-order valence-corrected chi connectivity index (χ0v) is 16.5. The number of rotatable bonds is 4. The van der Waals surface area contributed by atoms with Crippen molar-refractivity contribution in [2.45, 2.75) is 13.3 Å². The number of allylic oxidation sites excluding steroid dienone is 4. The quantitative estimate of drug-likeness (QED) is 0.341. The first-order valence-corrected chi connectivity index (χ1v) is 9.59. The van der Waals surface area contributed by atoms with Crippen molar-refractivity contribution < 1.29 is 19.1 Å². The molecule has 1 aliphatic heterocycles. The van der Waals surface area contributed by atoms with Crippen LogP contribution in [0.15, 0.2) is 66.3 Å². The number of hydrogen-bond acceptors (Lipinski definition) is 4. The molecule has 0 unspecified atom stereocenters. The molecule has 2 amide bonds. The molecule has 0 N–H and O–H groups in total. The maximum atomic E-state index is 13.0. The third kappa shape index (κ3) is 3.44. The van der Waals surface area contributed by atoms with E-state index in [1.807, 2.05) is 30.4 Å². The molecule has 0 radical (unpaired) electrons. The summed E-state index contributed by atoms with van der Waals surface area (Å²) in [6, 6.07) is 8.88. The van der Waals surface area contributed by atoms with Gasteiger partial charge in [0, 0.05) is 33.2 Å². The van der Waals surface area contributed by atoms with Crippen LogP contribution in [0.25, 0.3) is 10.8 Å². The minimum Gasteiger partial charge on any atom is -0.460 e. The predicted octanol–water partition coefficient (Wildman–Crippen LogP) is 3.79. The number of amides is 2. The molecular formula is C25H19NO4. The summed E-state index contributed by atoms with van der Waals surface area (Å²) in [7, 11) is 0. The summed E-state index contributed by atoms with van der Waals surface area (Å²) in [4.78, 5) is 38.7. The highest BCUT2D eigenvalue weighted by atomic mass is 16.5. The highest BCUT2D eigenvalue weighted by Crippen LogP contribution is 2.32. The second-order valence-corrected chi connectivity index (χ2v) is 7.14. The molecule has 0 bridgehead atoms. The van der Waals surface area contributed by atoms with Crippen LogP contribution in [0.3, 0.4) is 0 Å². The first kappa shape index (κ1) is 19.4. The fourth-order valence-electron chi connectivity index (χ4n) is 3.50. The van der Waals surface area contributed by atoms with Gasteiger partial charge in [0.1, 0.15) is 6.61 Å². The van der Waals surface area contributed by atoms with Crippen molar-refractivity contribution >= 4 is 28.6 Å². The Labute approximate surface area is 174 Å². The van der Waals surface area contributed by atoms with Crippen molar-refractivity contribution in [2.75, 3.05) is 13.2 Å². The van der Waals surface area contributed by atoms with Crippen LogP contribution in [0.2, 0.25) is 0 Å². The molecule has 1 heterocycles. The van der Waals surface area contributed by atoms with Gasteiger partial charge in [-0.3, -0.25) is 14.5 Å². The molecule has 30 heavy (non-hydrogen) atoms. The SMILES string of the molecule is C=C(C)C(=O)OCCN1C(=O)c2cccc3c(C#CC4=CC=CC4)ccc(c23)C1=O. The summed E-state index contributed by atoms with van der Waals surface area (Å²) in [5.74, 6) is 4.97. The first-order valence-electron chi connectivity index (χ1n) is 9.59. The average Bonchev–Trinajstić information content (AvgIpc) is 3.26. The monoisotopic (exact) mass is 397 g/mol. The lowest BCUT2D eigenvalue weighted by molar-refractivity contribution is -0.139. The summed E-state index contributed by atoms with van der Waals surface area (Å²) in [6.45, 7) is 4.95. The molecule has 5 nitrogen and oxygen atoms in total. The third-order valence-corrected chi connectivity index (χ3v) is 5.02. The number of carbonyl (C=O) groups excluding carboxylic acids is 3. The van der Waals surface area contributed by atoms with Gasteiger partial charge in [-0.05, 0) is 36.9 Å². The third-order valence-electron chi connectivity index (χ3n) is 5.02. The Morgan fingerprint density at radius 3 is 2.60 bits per heavy atom. The van der Waals surface area contributed by atoms with Gasteiger partial charge in [0.15, 0.2) is 0 Å². The van der Waals surface area contributed by atoms with Crippen LogP contribution in [0.5, 0.6) is 0 Å². The Morgan fingerprint density at radius 2 is 1.90 bits per heavy atom. The molecule has 2 aromatic carbocycles. The maximum Gasteiger partial charge on any atom is 0.333 e. The number of ether oxygens (including phenoxy) is 1. The van der Waals surface area contributed by atoms with Crippen LogP contribution >= 0.6 is 0 Å². The minimum atomic E-state index is -0.551. The molecule has 0 fully saturated rings. The second-order valence-electron chi connectivity index (χ2n) is 7.14. The molecular weight excluding hydrogens is 378 g/mol. The Morgan fingerprint density at radius 1 is 1.13 bits per heavy atom. The summed E-state index contributed by atoms with van der Waals surface area (Å²) >= 11 is 0. The first-order chi connectivity index (χ1) is 14.5. The molecule has 0 atom stereocenters. The van der Waals surface area contributed by atoms with Crippen molar-refractivity contribution in [3.8, 4) is 11.8 Å². The van der Waals surface area contributed by atoms with Gasteiger partial charge in [-0.25, -0.2) is 4.79 Å². The lowest BCUT2D eigenvalue weighted by Gasteiger charge is -2.27. The Kier molecular flexibility index (Phi) is 5.07. The normalized spacial score (nSPS) is 14.4. The van der Waals surface area contributed by atoms with E-state index in [4.69, 9.17) is 4.74 Å². The van der Waals surface area contributed by atoms with E-state index in [1.54, 1.807) is 18.2 Å². The van der Waals surface area contributed by atoms with E-state index in [-0.39, 0.29) is 18.7 Å². The maximum absolute atomic E-state index is 13.0. The van der Waals surface area contributed by atoms with E-state index in [1.165, 1.54) is 6.92 Å². The molecule has 1 aliphatic carbocycles. The van der Waals surface area contributed by atoms with Crippen LogP contribution in [0.1, 0.15) is 39.6 Å². The van der Waals surface area contributed by atoms with Gasteiger partial charge < -0.3 is 4.74 Å². The van der Waals surface area contributed by atoms with E-state index < -0.39 is 17.8 Å². The number of carbonyl (C=O) groups is 3. The van der Waals surface area contributed by atoms with E-state index in [9.17, 15) is 14.4 Å². The molecule has 4 rings (SSSR count). The van der Waals surface area contributed by atoms with Crippen LogP contribution < -0.4 is 0 Å². The molecule has 2 aromatic rings. The summed E-state index contributed by atoms with van der Waals surface area (Å²) in [5, 5.41) is 1.40. The van der Waals surface area contributed by atoms with Crippen LogP contribution in [0, 0.1) is 11.8 Å². The van der Waals surface area contributed by atoms with E-state index >= 15 is 0 Å². The molecule has 0 spiro atoms. The zero-order chi connectivity index (χ0) is 21.3. The summed E-state index contributed by atoms with van der Waals surface area (Å²) in [6.07, 6.45) is 6.81. The Balaban J connectivity index is 1.66. The van der Waals surface area contributed by atoms with Crippen molar-refractivity contribution in [2.24, 2.45) is 0 Å². The number of nitrogens with zero attached hydrogens (tertiary/aromatic N) is 1. The summed E-state index contributed by atoms with van der Waals surface area (Å²) < 4.78 is 5.05. The second kappa shape index (κ2) is 7.84.